The summed E-state index contributed by atoms with van der Waals surface area (Å²) in [6, 6.07) is 9.54. The van der Waals surface area contributed by atoms with E-state index in [2.05, 4.69) is 30.7 Å². The number of benzene rings is 1. The van der Waals surface area contributed by atoms with E-state index in [0.717, 1.165) is 0 Å². The van der Waals surface area contributed by atoms with Crippen LogP contribution in [0.2, 0.25) is 0 Å². The first kappa shape index (κ1) is 23.5. The van der Waals surface area contributed by atoms with E-state index in [1.807, 2.05) is 62.3 Å². The Morgan fingerprint density at radius 2 is 1.34 bits per heavy atom. The van der Waals surface area contributed by atoms with Crippen LogP contribution in [-0.2, 0) is 5.41 Å². The zero-order chi connectivity index (χ0) is 23.6. The van der Waals surface area contributed by atoms with Crippen LogP contribution < -0.4 is 9.80 Å². The zero-order valence-corrected chi connectivity index (χ0v) is 20.2. The van der Waals surface area contributed by atoms with Gasteiger partial charge in [-0.3, -0.25) is 9.59 Å². The molecule has 0 saturated carbocycles. The fourth-order valence-electron chi connectivity index (χ4n) is 3.53. The zero-order valence-electron chi connectivity index (χ0n) is 20.2. The number of nitrogens with zero attached hydrogens (tertiary/aromatic N) is 6. The number of aromatic nitrogens is 2. The second-order valence-electron chi connectivity index (χ2n) is 9.61. The summed E-state index contributed by atoms with van der Waals surface area (Å²) in [6.07, 6.45) is 0. The Morgan fingerprint density at radius 1 is 0.812 bits per heavy atom. The molecule has 2 heterocycles. The average molecular weight is 439 g/mol. The molecule has 0 aliphatic carbocycles. The lowest BCUT2D eigenvalue weighted by molar-refractivity contribution is 0.0532. The van der Waals surface area contributed by atoms with Gasteiger partial charge in [0.25, 0.3) is 11.8 Å². The van der Waals surface area contributed by atoms with Gasteiger partial charge in [-0.1, -0.05) is 32.9 Å². The van der Waals surface area contributed by atoms with Crippen molar-refractivity contribution in [3.8, 4) is 0 Å². The second-order valence-corrected chi connectivity index (χ2v) is 9.61. The first-order valence-electron chi connectivity index (χ1n) is 10.9. The summed E-state index contributed by atoms with van der Waals surface area (Å²) >= 11 is 0. The quantitative estimate of drug-likeness (QED) is 0.730. The van der Waals surface area contributed by atoms with E-state index in [1.54, 1.807) is 15.9 Å². The van der Waals surface area contributed by atoms with Crippen molar-refractivity contribution in [3.05, 3.63) is 47.2 Å². The SMILES string of the molecule is CN(C)c1cc(C(=O)N2CCN(C(=O)c3ccc(C(C)(C)C)cc3)CC2)nc(N(C)C)n1. The van der Waals surface area contributed by atoms with E-state index in [4.69, 9.17) is 0 Å². The van der Waals surface area contributed by atoms with Gasteiger partial charge in [0.05, 0.1) is 0 Å². The van der Waals surface area contributed by atoms with Crippen LogP contribution in [0.25, 0.3) is 0 Å². The monoisotopic (exact) mass is 438 g/mol. The second kappa shape index (κ2) is 9.14. The predicted octanol–water partition coefficient (Wildman–Crippen LogP) is 2.50. The molecule has 0 bridgehead atoms. The van der Waals surface area contributed by atoms with Crippen molar-refractivity contribution >= 4 is 23.6 Å². The minimum Gasteiger partial charge on any atom is -0.363 e. The molecule has 0 unspecified atom stereocenters. The standard InChI is InChI=1S/C24H34N6O2/c1-24(2,3)18-10-8-17(9-11-18)21(31)29-12-14-30(15-13-29)22(32)19-16-20(27(4)5)26-23(25-19)28(6)7/h8-11,16H,12-15H2,1-7H3. The molecule has 0 radical (unpaired) electrons. The summed E-state index contributed by atoms with van der Waals surface area (Å²) in [7, 11) is 7.46. The number of piperazine rings is 1. The maximum atomic E-state index is 13.1. The molecule has 3 rings (SSSR count). The highest BCUT2D eigenvalue weighted by atomic mass is 16.2. The van der Waals surface area contributed by atoms with Crippen LogP contribution in [0.3, 0.4) is 0 Å². The molecule has 1 aromatic heterocycles. The van der Waals surface area contributed by atoms with Gasteiger partial charge in [-0.15, -0.1) is 0 Å². The van der Waals surface area contributed by atoms with Crippen molar-refractivity contribution in [2.45, 2.75) is 26.2 Å². The number of hydrogen-bond acceptors (Lipinski definition) is 6. The maximum Gasteiger partial charge on any atom is 0.272 e. The molecule has 2 aromatic rings. The molecule has 0 N–H and O–H groups in total. The normalized spacial score (nSPS) is 14.3. The minimum atomic E-state index is -0.139. The summed E-state index contributed by atoms with van der Waals surface area (Å²) in [5, 5.41) is 0. The fourth-order valence-corrected chi connectivity index (χ4v) is 3.53. The summed E-state index contributed by atoms with van der Waals surface area (Å²) in [5.74, 6) is 1.04. The lowest BCUT2D eigenvalue weighted by atomic mass is 9.86. The molecule has 8 heteroatoms. The van der Waals surface area contributed by atoms with Crippen LogP contribution in [0, 0.1) is 0 Å². The van der Waals surface area contributed by atoms with Gasteiger partial charge in [0.2, 0.25) is 5.95 Å². The molecule has 2 amide bonds. The van der Waals surface area contributed by atoms with Crippen LogP contribution in [0.15, 0.2) is 30.3 Å². The molecule has 1 aliphatic heterocycles. The van der Waals surface area contributed by atoms with Crippen LogP contribution >= 0.6 is 0 Å². The third-order valence-electron chi connectivity index (χ3n) is 5.63. The number of carbonyl (C=O) groups is 2. The van der Waals surface area contributed by atoms with Gasteiger partial charge in [-0.05, 0) is 23.1 Å². The van der Waals surface area contributed by atoms with E-state index in [-0.39, 0.29) is 17.2 Å². The lowest BCUT2D eigenvalue weighted by Gasteiger charge is -2.35. The van der Waals surface area contributed by atoms with E-state index in [9.17, 15) is 9.59 Å². The van der Waals surface area contributed by atoms with Gasteiger partial charge >= 0.3 is 0 Å². The van der Waals surface area contributed by atoms with Gasteiger partial charge < -0.3 is 19.6 Å². The molecule has 0 spiro atoms. The number of hydrogen-bond donors (Lipinski definition) is 0. The van der Waals surface area contributed by atoms with E-state index in [1.165, 1.54) is 5.56 Å². The van der Waals surface area contributed by atoms with E-state index < -0.39 is 0 Å². The Morgan fingerprint density at radius 3 is 1.81 bits per heavy atom. The first-order valence-corrected chi connectivity index (χ1v) is 10.9. The number of amides is 2. The third kappa shape index (κ3) is 5.18. The van der Waals surface area contributed by atoms with Crippen molar-refractivity contribution in [3.63, 3.8) is 0 Å². The van der Waals surface area contributed by atoms with Crippen LogP contribution in [0.5, 0.6) is 0 Å². The molecule has 0 atom stereocenters. The van der Waals surface area contributed by atoms with E-state index >= 15 is 0 Å². The Labute approximate surface area is 190 Å². The highest BCUT2D eigenvalue weighted by Crippen LogP contribution is 2.23. The van der Waals surface area contributed by atoms with Crippen molar-refractivity contribution < 1.29 is 9.59 Å². The molecular weight excluding hydrogens is 404 g/mol. The van der Waals surface area contributed by atoms with E-state index in [0.29, 0.717) is 49.2 Å². The number of rotatable bonds is 4. The molecule has 32 heavy (non-hydrogen) atoms. The van der Waals surface area contributed by atoms with Crippen LogP contribution in [0.1, 0.15) is 47.2 Å². The van der Waals surface area contributed by atoms with Gasteiger partial charge in [0.15, 0.2) is 0 Å². The molecule has 1 fully saturated rings. The number of carbonyl (C=O) groups excluding carboxylic acids is 2. The Bertz CT molecular complexity index is 945. The van der Waals surface area contributed by atoms with Gasteiger partial charge in [0.1, 0.15) is 11.5 Å². The van der Waals surface area contributed by atoms with Crippen molar-refractivity contribution in [1.82, 2.24) is 19.8 Å². The van der Waals surface area contributed by atoms with Crippen molar-refractivity contribution in [2.75, 3.05) is 64.2 Å². The molecule has 1 aromatic carbocycles. The molecule has 1 aliphatic rings. The van der Waals surface area contributed by atoms with Crippen molar-refractivity contribution in [1.29, 1.82) is 0 Å². The molecule has 1 saturated heterocycles. The minimum absolute atomic E-state index is 0.00406. The van der Waals surface area contributed by atoms with Crippen LogP contribution in [0.4, 0.5) is 11.8 Å². The van der Waals surface area contributed by atoms with Gasteiger partial charge in [0, 0.05) is 66.0 Å². The molecule has 172 valence electrons. The lowest BCUT2D eigenvalue weighted by Crippen LogP contribution is -2.50. The van der Waals surface area contributed by atoms with Crippen LogP contribution in [-0.4, -0.2) is 86.0 Å². The van der Waals surface area contributed by atoms with Gasteiger partial charge in [-0.2, -0.15) is 4.98 Å². The highest BCUT2D eigenvalue weighted by Gasteiger charge is 2.27. The Hall–Kier alpha value is -3.16. The summed E-state index contributed by atoms with van der Waals surface area (Å²) in [4.78, 5) is 42.2. The summed E-state index contributed by atoms with van der Waals surface area (Å²) in [6.45, 7) is 8.41. The molecular formula is C24H34N6O2. The topological polar surface area (TPSA) is 72.9 Å². The summed E-state index contributed by atoms with van der Waals surface area (Å²) < 4.78 is 0. The predicted molar refractivity (Wildman–Crippen MR) is 128 cm³/mol. The Balaban J connectivity index is 1.68. The smallest absolute Gasteiger partial charge is 0.272 e. The maximum absolute atomic E-state index is 13.1. The fraction of sp³-hybridized carbons (Fsp3) is 0.500. The third-order valence-corrected chi connectivity index (χ3v) is 5.63. The Kier molecular flexibility index (Phi) is 6.71. The van der Waals surface area contributed by atoms with Crippen molar-refractivity contribution in [2.24, 2.45) is 0 Å². The van der Waals surface area contributed by atoms with Gasteiger partial charge in [-0.25, -0.2) is 4.98 Å². The molecule has 8 nitrogen and oxygen atoms in total. The first-order chi connectivity index (χ1) is 15.0. The number of anilines is 2. The largest absolute Gasteiger partial charge is 0.363 e. The average Bonchev–Trinajstić information content (AvgIpc) is 2.77. The highest BCUT2D eigenvalue weighted by molar-refractivity contribution is 5.95. The summed E-state index contributed by atoms with van der Waals surface area (Å²) in [5.41, 5.74) is 2.29.